The lowest BCUT2D eigenvalue weighted by atomic mass is 9.86. The lowest BCUT2D eigenvalue weighted by molar-refractivity contribution is -0.0745. The van der Waals surface area contributed by atoms with Crippen molar-refractivity contribution in [3.05, 3.63) is 88.5 Å². The number of fused-ring (bicyclic) bond motifs is 3. The van der Waals surface area contributed by atoms with Crippen LogP contribution in [-0.4, -0.2) is 50.3 Å². The van der Waals surface area contributed by atoms with Crippen molar-refractivity contribution in [2.24, 2.45) is 4.99 Å². The molecule has 2 aliphatic rings. The number of amidine groups is 1. The van der Waals surface area contributed by atoms with Crippen LogP contribution in [0.5, 0.6) is 17.2 Å². The second-order valence-corrected chi connectivity index (χ2v) is 8.73. The van der Waals surface area contributed by atoms with E-state index in [2.05, 4.69) is 17.1 Å². The third-order valence-electron chi connectivity index (χ3n) is 6.66. The Morgan fingerprint density at radius 1 is 0.886 bits per heavy atom. The Morgan fingerprint density at radius 3 is 2.26 bits per heavy atom. The number of methoxy groups -OCH3 is 3. The van der Waals surface area contributed by atoms with Gasteiger partial charge in [-0.2, -0.15) is 0 Å². The maximum Gasteiger partial charge on any atom is 0.203 e. The molecule has 3 aromatic carbocycles. The maximum atomic E-state index is 11.8. The first-order chi connectivity index (χ1) is 17.1. The van der Waals surface area contributed by atoms with Crippen molar-refractivity contribution in [2.45, 2.75) is 25.4 Å². The van der Waals surface area contributed by atoms with Crippen LogP contribution in [0.25, 0.3) is 0 Å². The molecule has 1 atom stereocenters. The quantitative estimate of drug-likeness (QED) is 0.534. The second-order valence-electron chi connectivity index (χ2n) is 8.73. The largest absolute Gasteiger partial charge is 0.493 e. The minimum Gasteiger partial charge on any atom is -0.493 e. The standard InChI is InChI=1S/C28H30N2O5/c1-32-24-14-20(15-25(33-2)26(24)34-3)18-35-17-19-8-10-22(11-9-19)28(31)16-21-6-4-5-7-23(21)27-29-12-13-30(27)28/h4-11,14-15,31H,12-13,16-18H2,1-3H3. The minimum absolute atomic E-state index is 0.396. The molecule has 7 nitrogen and oxygen atoms in total. The minimum atomic E-state index is -1.11. The summed E-state index contributed by atoms with van der Waals surface area (Å²) >= 11 is 0. The van der Waals surface area contributed by atoms with Crippen molar-refractivity contribution in [3.8, 4) is 17.2 Å². The fraction of sp³-hybridized carbons (Fsp3) is 0.321. The van der Waals surface area contributed by atoms with E-state index in [4.69, 9.17) is 18.9 Å². The number of aliphatic imine (C=N–C) groups is 1. The molecule has 0 saturated carbocycles. The fourth-order valence-electron chi connectivity index (χ4n) is 4.92. The molecule has 2 heterocycles. The van der Waals surface area contributed by atoms with E-state index in [1.807, 2.05) is 53.4 Å². The van der Waals surface area contributed by atoms with E-state index in [1.165, 1.54) is 0 Å². The number of hydrogen-bond donors (Lipinski definition) is 1. The van der Waals surface area contributed by atoms with Gasteiger partial charge in [-0.25, -0.2) is 0 Å². The molecule has 0 aliphatic carbocycles. The van der Waals surface area contributed by atoms with Crippen LogP contribution < -0.4 is 14.2 Å². The predicted octanol–water partition coefficient (Wildman–Crippen LogP) is 3.89. The van der Waals surface area contributed by atoms with Crippen molar-refractivity contribution in [3.63, 3.8) is 0 Å². The molecule has 35 heavy (non-hydrogen) atoms. The Morgan fingerprint density at radius 2 is 1.57 bits per heavy atom. The van der Waals surface area contributed by atoms with Gasteiger partial charge >= 0.3 is 0 Å². The molecule has 1 N–H and O–H groups in total. The van der Waals surface area contributed by atoms with Crippen LogP contribution in [0.2, 0.25) is 0 Å². The summed E-state index contributed by atoms with van der Waals surface area (Å²) < 4.78 is 22.2. The van der Waals surface area contributed by atoms with Crippen molar-refractivity contribution >= 4 is 5.84 Å². The molecule has 2 aliphatic heterocycles. The lowest BCUT2D eigenvalue weighted by Crippen LogP contribution is -2.53. The van der Waals surface area contributed by atoms with Gasteiger partial charge in [0, 0.05) is 24.1 Å². The molecule has 0 spiro atoms. The summed E-state index contributed by atoms with van der Waals surface area (Å²) in [6, 6.07) is 20.0. The average molecular weight is 475 g/mol. The number of benzene rings is 3. The van der Waals surface area contributed by atoms with E-state index in [-0.39, 0.29) is 0 Å². The van der Waals surface area contributed by atoms with Gasteiger partial charge in [-0.05, 0) is 28.8 Å². The fourth-order valence-corrected chi connectivity index (χ4v) is 4.92. The normalized spacial score (nSPS) is 18.5. The topological polar surface area (TPSA) is 72.8 Å². The highest BCUT2D eigenvalue weighted by atomic mass is 16.5. The smallest absolute Gasteiger partial charge is 0.203 e. The Balaban J connectivity index is 1.29. The zero-order chi connectivity index (χ0) is 24.4. The average Bonchev–Trinajstić information content (AvgIpc) is 3.40. The van der Waals surface area contributed by atoms with E-state index in [1.54, 1.807) is 21.3 Å². The molecule has 3 aromatic rings. The van der Waals surface area contributed by atoms with Gasteiger partial charge in [0.15, 0.2) is 17.2 Å². The molecule has 7 heteroatoms. The summed E-state index contributed by atoms with van der Waals surface area (Å²) in [6.07, 6.45) is 0.527. The second kappa shape index (κ2) is 9.60. The molecule has 1 unspecified atom stereocenters. The summed E-state index contributed by atoms with van der Waals surface area (Å²) in [5, 5.41) is 11.8. The maximum absolute atomic E-state index is 11.8. The highest BCUT2D eigenvalue weighted by Gasteiger charge is 2.44. The van der Waals surface area contributed by atoms with Gasteiger partial charge in [-0.1, -0.05) is 48.5 Å². The first kappa shape index (κ1) is 23.2. The number of ether oxygens (including phenoxy) is 4. The monoisotopic (exact) mass is 474 g/mol. The summed E-state index contributed by atoms with van der Waals surface area (Å²) in [5.41, 5.74) is 3.92. The van der Waals surface area contributed by atoms with Crippen LogP contribution in [0, 0.1) is 0 Å². The van der Waals surface area contributed by atoms with Crippen molar-refractivity contribution in [2.75, 3.05) is 34.4 Å². The third kappa shape index (κ3) is 4.22. The first-order valence-electron chi connectivity index (χ1n) is 11.7. The van der Waals surface area contributed by atoms with E-state index in [9.17, 15) is 5.11 Å². The van der Waals surface area contributed by atoms with Gasteiger partial charge in [0.1, 0.15) is 5.84 Å². The van der Waals surface area contributed by atoms with E-state index in [0.29, 0.717) is 50.0 Å². The van der Waals surface area contributed by atoms with Crippen molar-refractivity contribution in [1.82, 2.24) is 4.90 Å². The van der Waals surface area contributed by atoms with Crippen molar-refractivity contribution in [1.29, 1.82) is 0 Å². The van der Waals surface area contributed by atoms with Gasteiger partial charge in [0.2, 0.25) is 5.75 Å². The summed E-state index contributed by atoms with van der Waals surface area (Å²) in [6.45, 7) is 2.24. The Labute approximate surface area is 205 Å². The zero-order valence-corrected chi connectivity index (χ0v) is 20.3. The van der Waals surface area contributed by atoms with E-state index >= 15 is 0 Å². The SMILES string of the molecule is COc1cc(COCc2ccc(C3(O)Cc4ccccc4C4=NCCN43)cc2)cc(OC)c1OC. The van der Waals surface area contributed by atoms with Gasteiger partial charge in [0.25, 0.3) is 0 Å². The molecule has 5 rings (SSSR count). The Hall–Kier alpha value is -3.55. The summed E-state index contributed by atoms with van der Waals surface area (Å²) in [5.74, 6) is 2.64. The molecule has 0 radical (unpaired) electrons. The molecular formula is C28H30N2O5. The van der Waals surface area contributed by atoms with E-state index in [0.717, 1.165) is 33.7 Å². The van der Waals surface area contributed by atoms with Crippen LogP contribution >= 0.6 is 0 Å². The zero-order valence-electron chi connectivity index (χ0n) is 20.3. The van der Waals surface area contributed by atoms with Crippen LogP contribution in [0.3, 0.4) is 0 Å². The molecule has 0 saturated heterocycles. The highest BCUT2D eigenvalue weighted by molar-refractivity contribution is 6.02. The number of hydrogen-bond acceptors (Lipinski definition) is 7. The van der Waals surface area contributed by atoms with Gasteiger partial charge < -0.3 is 29.0 Å². The van der Waals surface area contributed by atoms with Crippen LogP contribution in [-0.2, 0) is 30.1 Å². The summed E-state index contributed by atoms with van der Waals surface area (Å²) in [4.78, 5) is 6.71. The van der Waals surface area contributed by atoms with Gasteiger partial charge in [-0.3, -0.25) is 4.99 Å². The van der Waals surface area contributed by atoms with Crippen molar-refractivity contribution < 1.29 is 24.1 Å². The Bertz CT molecular complexity index is 1220. The predicted molar refractivity (Wildman–Crippen MR) is 133 cm³/mol. The third-order valence-corrected chi connectivity index (χ3v) is 6.66. The molecule has 0 amide bonds. The summed E-state index contributed by atoms with van der Waals surface area (Å²) in [7, 11) is 4.78. The molecule has 182 valence electrons. The van der Waals surface area contributed by atoms with Gasteiger partial charge in [-0.15, -0.1) is 0 Å². The number of aliphatic hydroxyl groups is 1. The van der Waals surface area contributed by atoms with E-state index < -0.39 is 5.72 Å². The number of rotatable bonds is 8. The van der Waals surface area contributed by atoms with Crippen LogP contribution in [0.1, 0.15) is 27.8 Å². The van der Waals surface area contributed by atoms with Crippen LogP contribution in [0.15, 0.2) is 65.7 Å². The highest BCUT2D eigenvalue weighted by Crippen LogP contribution is 2.39. The first-order valence-corrected chi connectivity index (χ1v) is 11.7. The molecular weight excluding hydrogens is 444 g/mol. The Kier molecular flexibility index (Phi) is 6.36. The molecule has 0 fully saturated rings. The number of nitrogens with zero attached hydrogens (tertiary/aromatic N) is 2. The molecule has 0 aromatic heterocycles. The van der Waals surface area contributed by atoms with Crippen LogP contribution in [0.4, 0.5) is 0 Å². The molecule has 0 bridgehead atoms. The lowest BCUT2D eigenvalue weighted by Gasteiger charge is -2.43. The van der Waals surface area contributed by atoms with Gasteiger partial charge in [0.05, 0.1) is 41.1 Å².